The topological polar surface area (TPSA) is 41.5 Å². The molecular weight excluding hydrogens is 214 g/mol. The molecule has 1 unspecified atom stereocenters. The summed E-state index contributed by atoms with van der Waals surface area (Å²) in [7, 11) is 1.82. The van der Waals surface area contributed by atoms with Gasteiger partial charge < -0.3 is 15.2 Å². The Morgan fingerprint density at radius 1 is 1.35 bits per heavy atom. The lowest BCUT2D eigenvalue weighted by Gasteiger charge is -2.18. The Morgan fingerprint density at radius 3 is 2.59 bits per heavy atom. The first-order valence-electron chi connectivity index (χ1n) is 6.10. The Kier molecular flexibility index (Phi) is 5.45. The number of hydrogen-bond donors (Lipinski definition) is 2. The molecule has 0 spiro atoms. The van der Waals surface area contributed by atoms with Gasteiger partial charge >= 0.3 is 0 Å². The van der Waals surface area contributed by atoms with Gasteiger partial charge in [-0.3, -0.25) is 0 Å². The van der Waals surface area contributed by atoms with Crippen LogP contribution in [0.5, 0.6) is 5.75 Å². The Balaban J connectivity index is 2.78. The molecule has 0 saturated heterocycles. The average Bonchev–Trinajstić information content (AvgIpc) is 2.30. The lowest BCUT2D eigenvalue weighted by Crippen LogP contribution is -2.35. The molecule has 0 bridgehead atoms. The van der Waals surface area contributed by atoms with E-state index in [1.807, 2.05) is 7.05 Å². The maximum atomic E-state index is 9.09. The highest BCUT2D eigenvalue weighted by atomic mass is 16.5. The molecule has 0 radical (unpaired) electrons. The van der Waals surface area contributed by atoms with Crippen LogP contribution < -0.4 is 10.1 Å². The molecule has 1 atom stereocenters. The number of ether oxygens (including phenoxy) is 1. The van der Waals surface area contributed by atoms with Crippen LogP contribution in [0.4, 0.5) is 0 Å². The molecule has 1 aromatic carbocycles. The third-order valence-corrected chi connectivity index (χ3v) is 2.86. The largest absolute Gasteiger partial charge is 0.492 e. The van der Waals surface area contributed by atoms with Crippen LogP contribution in [0.1, 0.15) is 30.9 Å². The quantitative estimate of drug-likeness (QED) is 0.796. The SMILES string of the molecule is CNC(CO)COc1cc(C)ccc1C(C)C. The van der Waals surface area contributed by atoms with E-state index in [1.54, 1.807) is 0 Å². The summed E-state index contributed by atoms with van der Waals surface area (Å²) in [5.74, 6) is 1.36. The van der Waals surface area contributed by atoms with E-state index in [0.29, 0.717) is 12.5 Å². The van der Waals surface area contributed by atoms with Gasteiger partial charge in [-0.2, -0.15) is 0 Å². The molecule has 17 heavy (non-hydrogen) atoms. The smallest absolute Gasteiger partial charge is 0.123 e. The second kappa shape index (κ2) is 6.62. The highest BCUT2D eigenvalue weighted by Crippen LogP contribution is 2.27. The zero-order chi connectivity index (χ0) is 12.8. The summed E-state index contributed by atoms with van der Waals surface area (Å²) in [4.78, 5) is 0. The van der Waals surface area contributed by atoms with Gasteiger partial charge in [0.1, 0.15) is 12.4 Å². The van der Waals surface area contributed by atoms with E-state index in [9.17, 15) is 0 Å². The molecule has 0 fully saturated rings. The van der Waals surface area contributed by atoms with Crippen LogP contribution in [0.25, 0.3) is 0 Å². The second-order valence-electron chi connectivity index (χ2n) is 4.68. The van der Waals surface area contributed by atoms with Crippen LogP contribution in [0, 0.1) is 6.92 Å². The summed E-state index contributed by atoms with van der Waals surface area (Å²) < 4.78 is 5.80. The van der Waals surface area contributed by atoms with Crippen LogP contribution in [0.2, 0.25) is 0 Å². The molecule has 0 aliphatic rings. The molecule has 3 nitrogen and oxygen atoms in total. The maximum absolute atomic E-state index is 9.09. The number of benzene rings is 1. The van der Waals surface area contributed by atoms with Crippen molar-refractivity contribution < 1.29 is 9.84 Å². The Bertz CT molecular complexity index is 346. The highest BCUT2D eigenvalue weighted by Gasteiger charge is 2.10. The standard InChI is InChI=1S/C14H23NO2/c1-10(2)13-6-5-11(3)7-14(13)17-9-12(8-16)15-4/h5-7,10,12,15-16H,8-9H2,1-4H3. The maximum Gasteiger partial charge on any atom is 0.123 e. The van der Waals surface area contributed by atoms with E-state index in [4.69, 9.17) is 9.84 Å². The summed E-state index contributed by atoms with van der Waals surface area (Å²) in [6.45, 7) is 6.92. The number of likely N-dealkylation sites (N-methyl/N-ethyl adjacent to an activating group) is 1. The van der Waals surface area contributed by atoms with Gasteiger partial charge in [-0.15, -0.1) is 0 Å². The van der Waals surface area contributed by atoms with Crippen molar-refractivity contribution in [2.24, 2.45) is 0 Å². The lowest BCUT2D eigenvalue weighted by molar-refractivity contribution is 0.188. The van der Waals surface area contributed by atoms with E-state index in [-0.39, 0.29) is 12.6 Å². The van der Waals surface area contributed by atoms with Crippen LogP contribution in [0.3, 0.4) is 0 Å². The monoisotopic (exact) mass is 237 g/mol. The van der Waals surface area contributed by atoms with Gasteiger partial charge in [0.05, 0.1) is 12.6 Å². The van der Waals surface area contributed by atoms with Crippen molar-refractivity contribution in [1.29, 1.82) is 0 Å². The molecule has 1 rings (SSSR count). The van der Waals surface area contributed by atoms with Crippen molar-refractivity contribution in [2.75, 3.05) is 20.3 Å². The van der Waals surface area contributed by atoms with Crippen molar-refractivity contribution >= 4 is 0 Å². The van der Waals surface area contributed by atoms with Gasteiger partial charge in [0.25, 0.3) is 0 Å². The molecular formula is C14H23NO2. The summed E-state index contributed by atoms with van der Waals surface area (Å²) in [5.41, 5.74) is 2.40. The zero-order valence-electron chi connectivity index (χ0n) is 11.2. The highest BCUT2D eigenvalue weighted by molar-refractivity contribution is 5.39. The molecule has 0 heterocycles. The third-order valence-electron chi connectivity index (χ3n) is 2.86. The minimum absolute atomic E-state index is 0.0180. The van der Waals surface area contributed by atoms with Gasteiger partial charge in [-0.05, 0) is 37.1 Å². The van der Waals surface area contributed by atoms with Gasteiger partial charge in [0, 0.05) is 0 Å². The Hall–Kier alpha value is -1.06. The fraction of sp³-hybridized carbons (Fsp3) is 0.571. The predicted octanol–water partition coefficient (Wildman–Crippen LogP) is 2.08. The summed E-state index contributed by atoms with van der Waals surface area (Å²) in [5, 5.41) is 12.1. The normalized spacial score (nSPS) is 12.8. The van der Waals surface area contributed by atoms with Crippen LogP contribution in [0.15, 0.2) is 18.2 Å². The number of aliphatic hydroxyl groups is 1. The number of aliphatic hydroxyl groups excluding tert-OH is 1. The average molecular weight is 237 g/mol. The lowest BCUT2D eigenvalue weighted by atomic mass is 10.0. The zero-order valence-corrected chi connectivity index (χ0v) is 11.2. The molecule has 96 valence electrons. The molecule has 0 aliphatic carbocycles. The van der Waals surface area contributed by atoms with Crippen LogP contribution in [-0.2, 0) is 0 Å². The number of nitrogens with one attached hydrogen (secondary N) is 1. The third kappa shape index (κ3) is 4.02. The Labute approximate surface area is 104 Å². The summed E-state index contributed by atoms with van der Waals surface area (Å²) >= 11 is 0. The van der Waals surface area contributed by atoms with Crippen molar-refractivity contribution in [3.8, 4) is 5.75 Å². The molecule has 0 aromatic heterocycles. The van der Waals surface area contributed by atoms with E-state index < -0.39 is 0 Å². The molecule has 3 heteroatoms. The minimum atomic E-state index is -0.0180. The van der Waals surface area contributed by atoms with E-state index >= 15 is 0 Å². The van der Waals surface area contributed by atoms with Crippen LogP contribution in [-0.4, -0.2) is 31.4 Å². The van der Waals surface area contributed by atoms with Crippen molar-refractivity contribution in [3.05, 3.63) is 29.3 Å². The molecule has 1 aromatic rings. The number of hydrogen-bond acceptors (Lipinski definition) is 3. The number of aryl methyl sites for hydroxylation is 1. The number of rotatable bonds is 6. The van der Waals surface area contributed by atoms with Crippen molar-refractivity contribution in [2.45, 2.75) is 32.7 Å². The molecule has 0 aliphatic heterocycles. The Morgan fingerprint density at radius 2 is 2.06 bits per heavy atom. The first-order valence-corrected chi connectivity index (χ1v) is 6.10. The predicted molar refractivity (Wildman–Crippen MR) is 70.7 cm³/mol. The first kappa shape index (κ1) is 14.0. The molecule has 0 amide bonds. The van der Waals surface area contributed by atoms with E-state index in [2.05, 4.69) is 44.3 Å². The van der Waals surface area contributed by atoms with E-state index in [0.717, 1.165) is 5.75 Å². The summed E-state index contributed by atoms with van der Waals surface area (Å²) in [6.07, 6.45) is 0. The van der Waals surface area contributed by atoms with Gasteiger partial charge in [0.2, 0.25) is 0 Å². The fourth-order valence-corrected chi connectivity index (χ4v) is 1.66. The van der Waals surface area contributed by atoms with Crippen LogP contribution >= 0.6 is 0 Å². The first-order chi connectivity index (χ1) is 8.08. The molecule has 2 N–H and O–H groups in total. The van der Waals surface area contributed by atoms with Crippen molar-refractivity contribution in [1.82, 2.24) is 5.32 Å². The fourth-order valence-electron chi connectivity index (χ4n) is 1.66. The van der Waals surface area contributed by atoms with Crippen molar-refractivity contribution in [3.63, 3.8) is 0 Å². The second-order valence-corrected chi connectivity index (χ2v) is 4.68. The minimum Gasteiger partial charge on any atom is -0.492 e. The van der Waals surface area contributed by atoms with E-state index in [1.165, 1.54) is 11.1 Å². The van der Waals surface area contributed by atoms with Gasteiger partial charge in [0.15, 0.2) is 0 Å². The van der Waals surface area contributed by atoms with Gasteiger partial charge in [-0.25, -0.2) is 0 Å². The molecule has 0 saturated carbocycles. The van der Waals surface area contributed by atoms with Gasteiger partial charge in [-0.1, -0.05) is 26.0 Å². The summed E-state index contributed by atoms with van der Waals surface area (Å²) in [6, 6.07) is 6.25.